The van der Waals surface area contributed by atoms with Gasteiger partial charge < -0.3 is 24.3 Å². The first-order valence-electron chi connectivity index (χ1n) is 7.85. The van der Waals surface area contributed by atoms with Crippen LogP contribution in [-0.4, -0.2) is 45.4 Å². The summed E-state index contributed by atoms with van der Waals surface area (Å²) in [5.41, 5.74) is 1.39. The summed E-state index contributed by atoms with van der Waals surface area (Å²) >= 11 is 2.10. The molecular formula is C18H21IN2O5. The van der Waals surface area contributed by atoms with E-state index < -0.39 is 0 Å². The molecule has 0 atom stereocenters. The van der Waals surface area contributed by atoms with Gasteiger partial charge >= 0.3 is 0 Å². The standard InChI is InChI=1S/C18H21IN2O5/c1-23-6-7-26-17-5-4-12(10-20-17)11-21-18(22)13-8-15(24-2)16(25-3)9-14(13)19/h4-5,8-10H,6-7,11H2,1-3H3,(H,21,22). The third kappa shape index (κ3) is 5.46. The van der Waals surface area contributed by atoms with Crippen molar-refractivity contribution in [2.24, 2.45) is 0 Å². The van der Waals surface area contributed by atoms with E-state index in [4.69, 9.17) is 18.9 Å². The number of aromatic nitrogens is 1. The first-order chi connectivity index (χ1) is 12.6. The zero-order valence-electron chi connectivity index (χ0n) is 14.9. The van der Waals surface area contributed by atoms with E-state index in [-0.39, 0.29) is 5.91 Å². The number of benzene rings is 1. The molecule has 1 heterocycles. The fourth-order valence-corrected chi connectivity index (χ4v) is 2.82. The lowest BCUT2D eigenvalue weighted by atomic mass is 10.2. The Hall–Kier alpha value is -2.07. The Morgan fingerprint density at radius 1 is 1.12 bits per heavy atom. The molecule has 0 aliphatic carbocycles. The van der Waals surface area contributed by atoms with Gasteiger partial charge in [-0.25, -0.2) is 4.98 Å². The highest BCUT2D eigenvalue weighted by Gasteiger charge is 2.15. The number of nitrogens with one attached hydrogen (secondary N) is 1. The second-order valence-corrected chi connectivity index (χ2v) is 6.38. The lowest BCUT2D eigenvalue weighted by molar-refractivity contribution is 0.0949. The zero-order chi connectivity index (χ0) is 18.9. The minimum Gasteiger partial charge on any atom is -0.493 e. The van der Waals surface area contributed by atoms with Gasteiger partial charge in [0.15, 0.2) is 11.5 Å². The minimum absolute atomic E-state index is 0.198. The van der Waals surface area contributed by atoms with Crippen LogP contribution in [0.5, 0.6) is 17.4 Å². The summed E-state index contributed by atoms with van der Waals surface area (Å²) in [6.07, 6.45) is 1.67. The number of nitrogens with zero attached hydrogens (tertiary/aromatic N) is 1. The number of carbonyl (C=O) groups excluding carboxylic acids is 1. The summed E-state index contributed by atoms with van der Waals surface area (Å²) in [6.45, 7) is 1.30. The van der Waals surface area contributed by atoms with Gasteiger partial charge in [-0.2, -0.15) is 0 Å². The Morgan fingerprint density at radius 3 is 2.46 bits per heavy atom. The van der Waals surface area contributed by atoms with Crippen LogP contribution in [0.3, 0.4) is 0 Å². The van der Waals surface area contributed by atoms with Crippen LogP contribution >= 0.6 is 22.6 Å². The first-order valence-corrected chi connectivity index (χ1v) is 8.93. The summed E-state index contributed by atoms with van der Waals surface area (Å²) in [7, 11) is 4.71. The van der Waals surface area contributed by atoms with Crippen LogP contribution in [0.25, 0.3) is 0 Å². The van der Waals surface area contributed by atoms with Crippen LogP contribution in [0.4, 0.5) is 0 Å². The number of amides is 1. The van der Waals surface area contributed by atoms with Gasteiger partial charge in [0.1, 0.15) is 6.61 Å². The molecule has 1 aromatic carbocycles. The van der Waals surface area contributed by atoms with E-state index in [1.54, 1.807) is 38.6 Å². The number of methoxy groups -OCH3 is 3. The van der Waals surface area contributed by atoms with Crippen LogP contribution in [0.2, 0.25) is 0 Å². The maximum Gasteiger partial charge on any atom is 0.252 e. The molecule has 1 aromatic heterocycles. The minimum atomic E-state index is -0.198. The number of rotatable bonds is 9. The van der Waals surface area contributed by atoms with E-state index in [1.165, 1.54) is 7.11 Å². The van der Waals surface area contributed by atoms with Crippen molar-refractivity contribution in [2.75, 3.05) is 34.5 Å². The van der Waals surface area contributed by atoms with E-state index >= 15 is 0 Å². The first kappa shape index (κ1) is 20.2. The lowest BCUT2D eigenvalue weighted by Crippen LogP contribution is -2.24. The van der Waals surface area contributed by atoms with Gasteiger partial charge in [0.25, 0.3) is 5.91 Å². The number of ether oxygens (including phenoxy) is 4. The third-order valence-corrected chi connectivity index (χ3v) is 4.40. The predicted octanol–water partition coefficient (Wildman–Crippen LogP) is 2.66. The summed E-state index contributed by atoms with van der Waals surface area (Å²) in [5, 5.41) is 2.88. The maximum atomic E-state index is 12.5. The molecule has 1 N–H and O–H groups in total. The molecule has 0 aliphatic rings. The second kappa shape index (κ2) is 10.2. The van der Waals surface area contributed by atoms with E-state index in [9.17, 15) is 4.79 Å². The van der Waals surface area contributed by atoms with Crippen molar-refractivity contribution in [1.82, 2.24) is 10.3 Å². The zero-order valence-corrected chi connectivity index (χ0v) is 17.0. The molecule has 1 amide bonds. The molecule has 0 saturated heterocycles. The summed E-state index contributed by atoms with van der Waals surface area (Å²) in [4.78, 5) is 16.7. The van der Waals surface area contributed by atoms with Gasteiger partial charge in [0.2, 0.25) is 5.88 Å². The Morgan fingerprint density at radius 2 is 1.85 bits per heavy atom. The lowest BCUT2D eigenvalue weighted by Gasteiger charge is -2.12. The van der Waals surface area contributed by atoms with Crippen LogP contribution in [0.15, 0.2) is 30.5 Å². The van der Waals surface area contributed by atoms with Crippen LogP contribution in [0, 0.1) is 3.57 Å². The largest absolute Gasteiger partial charge is 0.493 e. The fourth-order valence-electron chi connectivity index (χ4n) is 2.14. The number of hydrogen-bond acceptors (Lipinski definition) is 6. The molecule has 0 saturated carbocycles. The number of hydrogen-bond donors (Lipinski definition) is 1. The number of carbonyl (C=O) groups is 1. The van der Waals surface area contributed by atoms with Crippen molar-refractivity contribution in [3.8, 4) is 17.4 Å². The van der Waals surface area contributed by atoms with E-state index in [2.05, 4.69) is 32.9 Å². The predicted molar refractivity (Wildman–Crippen MR) is 105 cm³/mol. The Labute approximate surface area is 166 Å². The summed E-state index contributed by atoms with van der Waals surface area (Å²) in [5.74, 6) is 1.42. The molecule has 0 spiro atoms. The molecule has 0 unspecified atom stereocenters. The molecule has 0 radical (unpaired) electrons. The molecular weight excluding hydrogens is 451 g/mol. The highest BCUT2D eigenvalue weighted by atomic mass is 127. The maximum absolute atomic E-state index is 12.5. The number of halogens is 1. The van der Waals surface area contributed by atoms with Crippen molar-refractivity contribution in [2.45, 2.75) is 6.54 Å². The molecule has 2 aromatic rings. The summed E-state index contributed by atoms with van der Waals surface area (Å²) < 4.78 is 21.6. The van der Waals surface area contributed by atoms with Crippen LogP contribution < -0.4 is 19.5 Å². The summed E-state index contributed by atoms with van der Waals surface area (Å²) in [6, 6.07) is 7.05. The van der Waals surface area contributed by atoms with E-state index in [1.807, 2.05) is 6.07 Å². The third-order valence-electron chi connectivity index (χ3n) is 3.51. The van der Waals surface area contributed by atoms with Crippen LogP contribution in [-0.2, 0) is 11.3 Å². The van der Waals surface area contributed by atoms with Gasteiger partial charge in [0.05, 0.1) is 26.4 Å². The molecule has 0 fully saturated rings. The molecule has 140 valence electrons. The Kier molecular flexibility index (Phi) is 7.92. The van der Waals surface area contributed by atoms with E-state index in [0.29, 0.717) is 42.7 Å². The van der Waals surface area contributed by atoms with Gasteiger partial charge in [-0.15, -0.1) is 0 Å². The van der Waals surface area contributed by atoms with Crippen molar-refractivity contribution >= 4 is 28.5 Å². The smallest absolute Gasteiger partial charge is 0.252 e. The van der Waals surface area contributed by atoms with Gasteiger partial charge in [-0.1, -0.05) is 6.07 Å². The van der Waals surface area contributed by atoms with Gasteiger partial charge in [-0.3, -0.25) is 4.79 Å². The van der Waals surface area contributed by atoms with Crippen molar-refractivity contribution < 1.29 is 23.7 Å². The highest BCUT2D eigenvalue weighted by Crippen LogP contribution is 2.31. The molecule has 0 bridgehead atoms. The topological polar surface area (TPSA) is 78.9 Å². The monoisotopic (exact) mass is 472 g/mol. The molecule has 7 nitrogen and oxygen atoms in total. The normalized spacial score (nSPS) is 10.3. The molecule has 0 aliphatic heterocycles. The second-order valence-electron chi connectivity index (χ2n) is 5.22. The van der Waals surface area contributed by atoms with Crippen molar-refractivity contribution in [3.63, 3.8) is 0 Å². The van der Waals surface area contributed by atoms with E-state index in [0.717, 1.165) is 9.13 Å². The SMILES string of the molecule is COCCOc1ccc(CNC(=O)c2cc(OC)c(OC)cc2I)cn1. The average molecular weight is 472 g/mol. The average Bonchev–Trinajstić information content (AvgIpc) is 2.67. The quantitative estimate of drug-likeness (QED) is 0.447. The van der Waals surface area contributed by atoms with Crippen LogP contribution in [0.1, 0.15) is 15.9 Å². The fraction of sp³-hybridized carbons (Fsp3) is 0.333. The molecule has 26 heavy (non-hydrogen) atoms. The van der Waals surface area contributed by atoms with Crippen molar-refractivity contribution in [1.29, 1.82) is 0 Å². The number of pyridine rings is 1. The Balaban J connectivity index is 1.98. The Bertz CT molecular complexity index is 737. The van der Waals surface area contributed by atoms with Crippen molar-refractivity contribution in [3.05, 3.63) is 45.2 Å². The van der Waals surface area contributed by atoms with Gasteiger partial charge in [-0.05, 0) is 40.3 Å². The molecule has 2 rings (SSSR count). The molecule has 8 heteroatoms. The highest BCUT2D eigenvalue weighted by molar-refractivity contribution is 14.1. The van der Waals surface area contributed by atoms with Gasteiger partial charge in [0, 0.05) is 29.5 Å².